The summed E-state index contributed by atoms with van der Waals surface area (Å²) < 4.78 is 0. The number of hydrogen-bond donors (Lipinski definition) is 1. The van der Waals surface area contributed by atoms with Crippen LogP contribution in [0.1, 0.15) is 39.7 Å². The van der Waals surface area contributed by atoms with Crippen molar-refractivity contribution in [3.05, 3.63) is 64.0 Å². The number of nitriles is 1. The molecule has 1 atom stereocenters. The van der Waals surface area contributed by atoms with Gasteiger partial charge in [-0.3, -0.25) is 4.79 Å². The summed E-state index contributed by atoms with van der Waals surface area (Å²) in [5.74, 6) is 0.482. The lowest BCUT2D eigenvalue weighted by molar-refractivity contribution is 0.102. The molecule has 1 aromatic heterocycles. The van der Waals surface area contributed by atoms with Crippen LogP contribution in [0, 0.1) is 17.2 Å². The molecule has 2 aromatic carbocycles. The van der Waals surface area contributed by atoms with Crippen LogP contribution in [0.4, 0.5) is 5.00 Å². The molecule has 124 valence electrons. The maximum Gasteiger partial charge on any atom is 0.256 e. The van der Waals surface area contributed by atoms with Crippen molar-refractivity contribution in [3.63, 3.8) is 0 Å². The summed E-state index contributed by atoms with van der Waals surface area (Å²) in [6.45, 7) is 2.24. The van der Waals surface area contributed by atoms with Gasteiger partial charge in [-0.1, -0.05) is 37.3 Å². The lowest BCUT2D eigenvalue weighted by Gasteiger charge is -2.17. The van der Waals surface area contributed by atoms with Crippen LogP contribution >= 0.6 is 11.3 Å². The summed E-state index contributed by atoms with van der Waals surface area (Å²) in [7, 11) is 0. The van der Waals surface area contributed by atoms with Crippen molar-refractivity contribution in [3.8, 4) is 6.07 Å². The molecule has 4 heteroatoms. The number of fused-ring (bicyclic) bond motifs is 2. The van der Waals surface area contributed by atoms with E-state index in [2.05, 4.69) is 18.3 Å². The SMILES string of the molecule is CC1CCc2c(sc(NC(=O)c3ccc4ccccc4c3)c2C#N)C1. The molecule has 25 heavy (non-hydrogen) atoms. The van der Waals surface area contributed by atoms with Gasteiger partial charge in [-0.2, -0.15) is 5.26 Å². The van der Waals surface area contributed by atoms with Crippen molar-refractivity contribution in [2.24, 2.45) is 5.92 Å². The van der Waals surface area contributed by atoms with E-state index in [0.717, 1.165) is 35.6 Å². The lowest BCUT2D eigenvalue weighted by atomic mass is 9.88. The van der Waals surface area contributed by atoms with Gasteiger partial charge < -0.3 is 5.32 Å². The van der Waals surface area contributed by atoms with E-state index in [1.807, 2.05) is 42.5 Å². The van der Waals surface area contributed by atoms with Crippen molar-refractivity contribution < 1.29 is 4.79 Å². The maximum absolute atomic E-state index is 12.7. The van der Waals surface area contributed by atoms with Gasteiger partial charge in [-0.05, 0) is 53.6 Å². The van der Waals surface area contributed by atoms with Gasteiger partial charge in [-0.25, -0.2) is 0 Å². The monoisotopic (exact) mass is 346 g/mol. The molecular formula is C21H18N2OS. The Morgan fingerprint density at radius 3 is 2.84 bits per heavy atom. The van der Waals surface area contributed by atoms with Crippen LogP contribution in [0.25, 0.3) is 10.8 Å². The van der Waals surface area contributed by atoms with Gasteiger partial charge in [0.1, 0.15) is 11.1 Å². The summed E-state index contributed by atoms with van der Waals surface area (Å²) in [5.41, 5.74) is 2.41. The topological polar surface area (TPSA) is 52.9 Å². The summed E-state index contributed by atoms with van der Waals surface area (Å²) in [6.07, 6.45) is 3.04. The second-order valence-corrected chi connectivity index (χ2v) is 7.79. The van der Waals surface area contributed by atoms with E-state index in [0.29, 0.717) is 22.0 Å². The van der Waals surface area contributed by atoms with Crippen LogP contribution in [-0.4, -0.2) is 5.91 Å². The Bertz CT molecular complexity index is 1010. The largest absolute Gasteiger partial charge is 0.312 e. The Kier molecular flexibility index (Phi) is 4.03. The number of carbonyl (C=O) groups excluding carboxylic acids is 1. The van der Waals surface area contributed by atoms with Crippen LogP contribution in [0.5, 0.6) is 0 Å². The molecule has 0 saturated heterocycles. The quantitative estimate of drug-likeness (QED) is 0.697. The number of nitrogens with zero attached hydrogens (tertiary/aromatic N) is 1. The van der Waals surface area contributed by atoms with Crippen LogP contribution in [0.3, 0.4) is 0 Å². The van der Waals surface area contributed by atoms with E-state index < -0.39 is 0 Å². The van der Waals surface area contributed by atoms with E-state index in [-0.39, 0.29) is 5.91 Å². The number of hydrogen-bond acceptors (Lipinski definition) is 3. The highest BCUT2D eigenvalue weighted by atomic mass is 32.1. The summed E-state index contributed by atoms with van der Waals surface area (Å²) in [6, 6.07) is 16.0. The minimum absolute atomic E-state index is 0.158. The Morgan fingerprint density at radius 2 is 2.04 bits per heavy atom. The molecule has 1 aliphatic carbocycles. The van der Waals surface area contributed by atoms with Gasteiger partial charge in [0.2, 0.25) is 0 Å². The molecule has 4 rings (SSSR count). The third kappa shape index (κ3) is 2.92. The van der Waals surface area contributed by atoms with Crippen LogP contribution < -0.4 is 5.32 Å². The van der Waals surface area contributed by atoms with Crippen molar-refractivity contribution in [1.29, 1.82) is 5.26 Å². The lowest BCUT2D eigenvalue weighted by Crippen LogP contribution is -2.12. The van der Waals surface area contributed by atoms with E-state index in [9.17, 15) is 10.1 Å². The van der Waals surface area contributed by atoms with Gasteiger partial charge in [0, 0.05) is 10.4 Å². The normalized spacial score (nSPS) is 16.2. The molecule has 0 bridgehead atoms. The van der Waals surface area contributed by atoms with Crippen molar-refractivity contribution in [2.75, 3.05) is 5.32 Å². The number of nitrogens with one attached hydrogen (secondary N) is 1. The molecule has 3 aromatic rings. The molecule has 1 unspecified atom stereocenters. The maximum atomic E-state index is 12.7. The predicted molar refractivity (Wildman–Crippen MR) is 102 cm³/mol. The number of anilines is 1. The molecule has 0 spiro atoms. The Hall–Kier alpha value is -2.64. The standard InChI is InChI=1S/C21H18N2OS/c1-13-6-9-17-18(12-22)21(25-19(17)10-13)23-20(24)16-8-7-14-4-2-3-5-15(14)11-16/h2-5,7-8,11,13H,6,9-10H2,1H3,(H,23,24). The smallest absolute Gasteiger partial charge is 0.256 e. The fourth-order valence-corrected chi connectivity index (χ4v) is 4.82. The van der Waals surface area contributed by atoms with Crippen molar-refractivity contribution in [1.82, 2.24) is 0 Å². The van der Waals surface area contributed by atoms with Gasteiger partial charge in [0.25, 0.3) is 5.91 Å². The first-order valence-corrected chi connectivity index (χ1v) is 9.32. The number of rotatable bonds is 2. The van der Waals surface area contributed by atoms with E-state index in [4.69, 9.17) is 0 Å². The summed E-state index contributed by atoms with van der Waals surface area (Å²) in [5, 5.41) is 15.4. The minimum Gasteiger partial charge on any atom is -0.312 e. The highest BCUT2D eigenvalue weighted by Gasteiger charge is 2.24. The van der Waals surface area contributed by atoms with Gasteiger partial charge in [0.05, 0.1) is 5.56 Å². The third-order valence-corrected chi connectivity index (χ3v) is 6.03. The molecule has 0 saturated carbocycles. The van der Waals surface area contributed by atoms with E-state index >= 15 is 0 Å². The zero-order valence-electron chi connectivity index (χ0n) is 14.0. The van der Waals surface area contributed by atoms with Gasteiger partial charge >= 0.3 is 0 Å². The Morgan fingerprint density at radius 1 is 1.24 bits per heavy atom. The number of amides is 1. The zero-order chi connectivity index (χ0) is 17.4. The summed E-state index contributed by atoms with van der Waals surface area (Å²) in [4.78, 5) is 13.9. The first kappa shape index (κ1) is 15.9. The number of benzene rings is 2. The van der Waals surface area contributed by atoms with Crippen LogP contribution in [0.15, 0.2) is 42.5 Å². The van der Waals surface area contributed by atoms with Gasteiger partial charge in [0.15, 0.2) is 0 Å². The second kappa shape index (κ2) is 6.34. The van der Waals surface area contributed by atoms with E-state index in [1.165, 1.54) is 4.88 Å². The average Bonchev–Trinajstić information content (AvgIpc) is 2.97. The molecule has 0 aliphatic heterocycles. The molecule has 0 radical (unpaired) electrons. The molecule has 1 aliphatic rings. The van der Waals surface area contributed by atoms with E-state index in [1.54, 1.807) is 11.3 Å². The first-order valence-electron chi connectivity index (χ1n) is 8.50. The zero-order valence-corrected chi connectivity index (χ0v) is 14.8. The van der Waals surface area contributed by atoms with Crippen molar-refractivity contribution in [2.45, 2.75) is 26.2 Å². The molecule has 3 nitrogen and oxygen atoms in total. The van der Waals surface area contributed by atoms with Crippen LogP contribution in [0.2, 0.25) is 0 Å². The average molecular weight is 346 g/mol. The van der Waals surface area contributed by atoms with Gasteiger partial charge in [-0.15, -0.1) is 11.3 Å². The molecule has 1 amide bonds. The molecule has 1 N–H and O–H groups in total. The highest BCUT2D eigenvalue weighted by Crippen LogP contribution is 2.39. The highest BCUT2D eigenvalue weighted by molar-refractivity contribution is 7.16. The second-order valence-electron chi connectivity index (χ2n) is 6.68. The fraction of sp³-hybridized carbons (Fsp3) is 0.238. The van der Waals surface area contributed by atoms with Crippen molar-refractivity contribution >= 4 is 33.0 Å². The molecule has 1 heterocycles. The number of carbonyl (C=O) groups is 1. The predicted octanol–water partition coefficient (Wildman–Crippen LogP) is 5.15. The first-order chi connectivity index (χ1) is 12.2. The third-order valence-electron chi connectivity index (χ3n) is 4.86. The number of thiophene rings is 1. The Labute approximate surface area is 150 Å². The molecule has 0 fully saturated rings. The summed E-state index contributed by atoms with van der Waals surface area (Å²) >= 11 is 1.56. The fourth-order valence-electron chi connectivity index (χ4n) is 3.46. The molecular weight excluding hydrogens is 328 g/mol. The van der Waals surface area contributed by atoms with Crippen LogP contribution in [-0.2, 0) is 12.8 Å². The minimum atomic E-state index is -0.158. The Balaban J connectivity index is 1.65.